The summed E-state index contributed by atoms with van der Waals surface area (Å²) >= 11 is 0. The van der Waals surface area contributed by atoms with Gasteiger partial charge in [0.05, 0.1) is 18.4 Å². The van der Waals surface area contributed by atoms with Crippen molar-refractivity contribution in [1.29, 1.82) is 0 Å². The molecule has 1 aliphatic heterocycles. The fraction of sp³-hybridized carbons (Fsp3) is 0.200. The molecular weight excluding hydrogens is 556 g/mol. The van der Waals surface area contributed by atoms with Crippen molar-refractivity contribution in [3.8, 4) is 0 Å². The molecule has 0 spiro atoms. The van der Waals surface area contributed by atoms with Gasteiger partial charge in [-0.05, 0) is 55.0 Å². The third-order valence-electron chi connectivity index (χ3n) is 6.57. The Bertz CT molecular complexity index is 1550. The Morgan fingerprint density at radius 3 is 2.29 bits per heavy atom. The minimum absolute atomic E-state index is 0.00417. The number of methoxy groups -OCH3 is 1. The fourth-order valence-electron chi connectivity index (χ4n) is 4.62. The van der Waals surface area contributed by atoms with E-state index in [4.69, 9.17) is 10.5 Å². The fourth-order valence-corrected chi connectivity index (χ4v) is 4.62. The Labute approximate surface area is 238 Å². The van der Waals surface area contributed by atoms with Crippen LogP contribution in [0, 0.1) is 5.82 Å². The largest absolute Gasteiger partial charge is 0.468 e. The molecule has 3 aromatic carbocycles. The number of alkyl halides is 3. The second-order valence-corrected chi connectivity index (χ2v) is 9.43. The molecule has 1 aliphatic rings. The van der Waals surface area contributed by atoms with E-state index in [0.29, 0.717) is 17.3 Å². The third-order valence-corrected chi connectivity index (χ3v) is 6.57. The average Bonchev–Trinajstić information content (AvgIpc) is 2.96. The van der Waals surface area contributed by atoms with Gasteiger partial charge in [0.2, 0.25) is 0 Å². The third kappa shape index (κ3) is 6.48. The van der Waals surface area contributed by atoms with Gasteiger partial charge in [0, 0.05) is 22.8 Å². The number of nitrogens with zero attached hydrogens (tertiary/aromatic N) is 2. The molecule has 218 valence electrons. The summed E-state index contributed by atoms with van der Waals surface area (Å²) in [7, 11) is 1.13. The number of halogens is 4. The number of nitrogens with one attached hydrogen (secondary N) is 1. The number of aliphatic imine (C=N–C) groups is 1. The first-order valence-corrected chi connectivity index (χ1v) is 12.6. The Morgan fingerprint density at radius 1 is 1.02 bits per heavy atom. The topological polar surface area (TPSA) is 114 Å². The second kappa shape index (κ2) is 12.2. The number of likely N-dealkylation sites (tertiary alicyclic amines) is 1. The highest BCUT2D eigenvalue weighted by Gasteiger charge is 2.47. The van der Waals surface area contributed by atoms with Gasteiger partial charge in [-0.3, -0.25) is 19.3 Å². The Kier molecular flexibility index (Phi) is 8.74. The quantitative estimate of drug-likeness (QED) is 0.323. The summed E-state index contributed by atoms with van der Waals surface area (Å²) in [6, 6.07) is 15.8. The van der Waals surface area contributed by atoms with E-state index in [1.54, 1.807) is 30.3 Å². The molecule has 2 unspecified atom stereocenters. The van der Waals surface area contributed by atoms with E-state index in [9.17, 15) is 31.9 Å². The average molecular weight is 583 g/mol. The molecule has 4 rings (SSSR count). The highest BCUT2D eigenvalue weighted by Crippen LogP contribution is 2.38. The summed E-state index contributed by atoms with van der Waals surface area (Å²) in [5.74, 6) is -4.23. The lowest BCUT2D eigenvalue weighted by molar-refractivity contribution is -0.145. The van der Waals surface area contributed by atoms with Crippen LogP contribution in [0.2, 0.25) is 0 Å². The molecular formula is C30H26F4N4O4. The van der Waals surface area contributed by atoms with Crippen LogP contribution in [0.25, 0.3) is 0 Å². The summed E-state index contributed by atoms with van der Waals surface area (Å²) in [5, 5.41) is 2.53. The number of hydrogen-bond acceptors (Lipinski definition) is 6. The summed E-state index contributed by atoms with van der Waals surface area (Å²) in [6.07, 6.45) is -4.71. The molecule has 3 aromatic rings. The van der Waals surface area contributed by atoms with Crippen LogP contribution < -0.4 is 11.1 Å². The number of piperidine rings is 1. The van der Waals surface area contributed by atoms with Crippen LogP contribution in [0.5, 0.6) is 0 Å². The normalized spacial score (nSPS) is 19.4. The molecule has 3 N–H and O–H groups in total. The number of para-hydroxylation sites is 1. The van der Waals surface area contributed by atoms with Gasteiger partial charge in [-0.15, -0.1) is 0 Å². The van der Waals surface area contributed by atoms with E-state index < -0.39 is 53.8 Å². The van der Waals surface area contributed by atoms with E-state index in [0.717, 1.165) is 36.3 Å². The number of esters is 1. The number of nitrogens with two attached hydrogens (primary N) is 1. The molecule has 12 heteroatoms. The van der Waals surface area contributed by atoms with Crippen molar-refractivity contribution in [3.63, 3.8) is 0 Å². The SMILES string of the molecule is COC(=O)CN1C(=O)C(NC(=O)c2cccc(C(F)(F)F)c2)C(c2ccc(F)cc2)/C(=C(\C)N)C1=Nc1ccccc1. The first kappa shape index (κ1) is 30.0. The minimum Gasteiger partial charge on any atom is -0.468 e. The van der Waals surface area contributed by atoms with E-state index in [1.807, 2.05) is 0 Å². The van der Waals surface area contributed by atoms with Crippen LogP contribution >= 0.6 is 0 Å². The minimum atomic E-state index is -4.71. The maximum atomic E-state index is 14.1. The Hall–Kier alpha value is -5.00. The number of allylic oxidation sites excluding steroid dienone is 1. The van der Waals surface area contributed by atoms with Crippen LogP contribution in [0.3, 0.4) is 0 Å². The van der Waals surface area contributed by atoms with E-state index in [2.05, 4.69) is 10.3 Å². The number of amidine groups is 1. The second-order valence-electron chi connectivity index (χ2n) is 9.43. The molecule has 0 saturated carbocycles. The molecule has 0 aromatic heterocycles. The number of carbonyl (C=O) groups excluding carboxylic acids is 3. The number of benzene rings is 3. The van der Waals surface area contributed by atoms with Crippen molar-refractivity contribution >= 4 is 29.3 Å². The number of ether oxygens (including phenoxy) is 1. The van der Waals surface area contributed by atoms with Gasteiger partial charge in [-0.25, -0.2) is 9.38 Å². The first-order chi connectivity index (χ1) is 19.9. The number of carbonyl (C=O) groups is 3. The highest BCUT2D eigenvalue weighted by molar-refractivity contribution is 6.16. The molecule has 0 aliphatic carbocycles. The zero-order valence-corrected chi connectivity index (χ0v) is 22.5. The van der Waals surface area contributed by atoms with Gasteiger partial charge in [0.15, 0.2) is 0 Å². The standard InChI is InChI=1S/C30H26F4N4O4/c1-17(35)24-25(18-11-13-21(31)14-12-18)26(37-28(40)19-7-6-8-20(15-19)30(32,33)34)29(41)38(16-23(39)42-2)27(24)36-22-9-4-3-5-10-22/h3-15,25-26H,16,35H2,1-2H3,(H,37,40)/b24-17-,36-27?. The maximum Gasteiger partial charge on any atom is 0.416 e. The van der Waals surface area contributed by atoms with E-state index in [1.165, 1.54) is 25.1 Å². The molecule has 1 fully saturated rings. The van der Waals surface area contributed by atoms with Crippen LogP contribution in [-0.4, -0.2) is 48.2 Å². The molecule has 8 nitrogen and oxygen atoms in total. The van der Waals surface area contributed by atoms with Gasteiger partial charge >= 0.3 is 12.1 Å². The summed E-state index contributed by atoms with van der Waals surface area (Å²) < 4.78 is 58.7. The predicted molar refractivity (Wildman–Crippen MR) is 146 cm³/mol. The van der Waals surface area contributed by atoms with Crippen LogP contribution in [0.1, 0.15) is 34.3 Å². The van der Waals surface area contributed by atoms with Gasteiger partial charge < -0.3 is 15.8 Å². The van der Waals surface area contributed by atoms with Crippen LogP contribution in [0.4, 0.5) is 23.2 Å². The summed E-state index contributed by atoms with van der Waals surface area (Å²) in [4.78, 5) is 45.4. The van der Waals surface area contributed by atoms with Crippen molar-refractivity contribution in [2.75, 3.05) is 13.7 Å². The molecule has 2 atom stereocenters. The smallest absolute Gasteiger partial charge is 0.416 e. The van der Waals surface area contributed by atoms with Crippen molar-refractivity contribution in [3.05, 3.63) is 113 Å². The zero-order chi connectivity index (χ0) is 30.6. The van der Waals surface area contributed by atoms with Crippen molar-refractivity contribution in [2.24, 2.45) is 10.7 Å². The summed E-state index contributed by atoms with van der Waals surface area (Å²) in [5.41, 5.74) is 6.12. The summed E-state index contributed by atoms with van der Waals surface area (Å²) in [6.45, 7) is 0.925. The molecule has 1 saturated heterocycles. The molecule has 0 radical (unpaired) electrons. The maximum absolute atomic E-state index is 14.1. The van der Waals surface area contributed by atoms with Gasteiger partial charge in [0.25, 0.3) is 11.8 Å². The van der Waals surface area contributed by atoms with Gasteiger partial charge in [-0.1, -0.05) is 36.4 Å². The van der Waals surface area contributed by atoms with Gasteiger partial charge in [0.1, 0.15) is 24.2 Å². The van der Waals surface area contributed by atoms with Gasteiger partial charge in [-0.2, -0.15) is 13.2 Å². The Morgan fingerprint density at radius 2 is 1.69 bits per heavy atom. The zero-order valence-electron chi connectivity index (χ0n) is 22.5. The number of hydrogen-bond donors (Lipinski definition) is 2. The molecule has 1 heterocycles. The number of amides is 2. The molecule has 2 amide bonds. The molecule has 0 bridgehead atoms. The van der Waals surface area contributed by atoms with Crippen molar-refractivity contribution in [2.45, 2.75) is 25.1 Å². The van der Waals surface area contributed by atoms with Crippen molar-refractivity contribution in [1.82, 2.24) is 10.2 Å². The first-order valence-electron chi connectivity index (χ1n) is 12.6. The lowest BCUT2D eigenvalue weighted by Gasteiger charge is -2.41. The lowest BCUT2D eigenvalue weighted by Crippen LogP contribution is -2.60. The highest BCUT2D eigenvalue weighted by atomic mass is 19.4. The monoisotopic (exact) mass is 582 g/mol. The van der Waals surface area contributed by atoms with Crippen molar-refractivity contribution < 1.29 is 36.7 Å². The van der Waals surface area contributed by atoms with Crippen LogP contribution in [-0.2, 0) is 20.5 Å². The lowest BCUT2D eigenvalue weighted by atomic mass is 9.79. The van der Waals surface area contributed by atoms with Crippen LogP contribution in [0.15, 0.2) is 95.1 Å². The number of rotatable bonds is 6. The predicted octanol–water partition coefficient (Wildman–Crippen LogP) is 4.70. The van der Waals surface area contributed by atoms with E-state index in [-0.39, 0.29) is 22.7 Å². The van der Waals surface area contributed by atoms with E-state index >= 15 is 0 Å². The Balaban J connectivity index is 1.90. The molecule has 42 heavy (non-hydrogen) atoms.